The number of benzene rings is 1. The first-order valence-corrected chi connectivity index (χ1v) is 7.01. The summed E-state index contributed by atoms with van der Waals surface area (Å²) in [5.41, 5.74) is 0.909. The summed E-state index contributed by atoms with van der Waals surface area (Å²) in [6.07, 6.45) is 0. The number of piperazine rings is 1. The van der Waals surface area contributed by atoms with Crippen molar-refractivity contribution in [3.05, 3.63) is 29.8 Å². The molecule has 2 amide bonds. The van der Waals surface area contributed by atoms with E-state index in [-0.39, 0.29) is 11.8 Å². The van der Waals surface area contributed by atoms with Gasteiger partial charge < -0.3 is 20.3 Å². The van der Waals surface area contributed by atoms with Crippen LogP contribution in [0.4, 0.5) is 0 Å². The van der Waals surface area contributed by atoms with Gasteiger partial charge in [0.2, 0.25) is 11.8 Å². The molecule has 6 nitrogen and oxygen atoms in total. The highest BCUT2D eigenvalue weighted by atomic mass is 16.5. The second kappa shape index (κ2) is 7.08. The summed E-state index contributed by atoms with van der Waals surface area (Å²) < 4.78 is 5.25. The Balaban J connectivity index is 1.99. The standard InChI is InChI=1S/C15H21N3O3/c1-11(19)18-8-7-16-10-13(18)15(20)17-9-12-5-3-4-6-14(12)21-2/h3-6,13,16H,7-10H2,1-2H3,(H,17,20). The maximum Gasteiger partial charge on any atom is 0.244 e. The first kappa shape index (κ1) is 15.3. The number of carbonyl (C=O) groups excluding carboxylic acids is 2. The van der Waals surface area contributed by atoms with E-state index >= 15 is 0 Å². The summed E-state index contributed by atoms with van der Waals surface area (Å²) in [6, 6.07) is 7.08. The minimum atomic E-state index is -0.453. The third-order valence-electron chi connectivity index (χ3n) is 3.60. The van der Waals surface area contributed by atoms with Crippen LogP contribution < -0.4 is 15.4 Å². The SMILES string of the molecule is COc1ccccc1CNC(=O)C1CNCCN1C(C)=O. The van der Waals surface area contributed by atoms with Gasteiger partial charge in [-0.15, -0.1) is 0 Å². The number of nitrogens with zero attached hydrogens (tertiary/aromatic N) is 1. The van der Waals surface area contributed by atoms with E-state index in [1.54, 1.807) is 12.0 Å². The van der Waals surface area contributed by atoms with Crippen molar-refractivity contribution in [1.82, 2.24) is 15.5 Å². The van der Waals surface area contributed by atoms with Gasteiger partial charge in [0.1, 0.15) is 11.8 Å². The van der Waals surface area contributed by atoms with E-state index in [9.17, 15) is 9.59 Å². The van der Waals surface area contributed by atoms with Crippen molar-refractivity contribution in [2.24, 2.45) is 0 Å². The van der Waals surface area contributed by atoms with Gasteiger partial charge in [-0.25, -0.2) is 0 Å². The molecule has 1 aromatic carbocycles. The topological polar surface area (TPSA) is 70.7 Å². The highest BCUT2D eigenvalue weighted by Crippen LogP contribution is 2.16. The molecule has 114 valence electrons. The van der Waals surface area contributed by atoms with Crippen LogP contribution in [-0.2, 0) is 16.1 Å². The number of para-hydroxylation sites is 1. The Morgan fingerprint density at radius 3 is 2.90 bits per heavy atom. The summed E-state index contributed by atoms with van der Waals surface area (Å²) in [7, 11) is 1.60. The predicted octanol–water partition coefficient (Wildman–Crippen LogP) is 0.132. The van der Waals surface area contributed by atoms with Crippen molar-refractivity contribution in [2.45, 2.75) is 19.5 Å². The Morgan fingerprint density at radius 2 is 2.19 bits per heavy atom. The maximum atomic E-state index is 12.3. The zero-order chi connectivity index (χ0) is 15.2. The molecule has 0 aliphatic carbocycles. The predicted molar refractivity (Wildman–Crippen MR) is 78.9 cm³/mol. The molecule has 2 rings (SSSR count). The van der Waals surface area contributed by atoms with E-state index in [0.717, 1.165) is 17.9 Å². The third-order valence-corrected chi connectivity index (χ3v) is 3.60. The second-order valence-electron chi connectivity index (χ2n) is 4.96. The lowest BCUT2D eigenvalue weighted by atomic mass is 10.1. The highest BCUT2D eigenvalue weighted by molar-refractivity contribution is 5.87. The van der Waals surface area contributed by atoms with E-state index in [4.69, 9.17) is 4.74 Å². The van der Waals surface area contributed by atoms with Gasteiger partial charge in [-0.05, 0) is 6.07 Å². The Hall–Kier alpha value is -2.08. The fourth-order valence-corrected chi connectivity index (χ4v) is 2.46. The molecule has 0 aromatic heterocycles. The lowest BCUT2D eigenvalue weighted by Crippen LogP contribution is -2.59. The number of carbonyl (C=O) groups is 2. The van der Waals surface area contributed by atoms with E-state index in [1.165, 1.54) is 6.92 Å². The summed E-state index contributed by atoms with van der Waals surface area (Å²) >= 11 is 0. The first-order valence-electron chi connectivity index (χ1n) is 7.01. The van der Waals surface area contributed by atoms with E-state index < -0.39 is 6.04 Å². The van der Waals surface area contributed by atoms with Crippen LogP contribution in [0, 0.1) is 0 Å². The first-order chi connectivity index (χ1) is 10.1. The van der Waals surface area contributed by atoms with Gasteiger partial charge in [0.05, 0.1) is 7.11 Å². The van der Waals surface area contributed by atoms with Crippen LogP contribution in [0.25, 0.3) is 0 Å². The van der Waals surface area contributed by atoms with Crippen molar-refractivity contribution in [3.63, 3.8) is 0 Å². The summed E-state index contributed by atoms with van der Waals surface area (Å²) in [5.74, 6) is 0.514. The monoisotopic (exact) mass is 291 g/mol. The Bertz CT molecular complexity index is 519. The molecular formula is C15H21N3O3. The Labute approximate surface area is 124 Å². The summed E-state index contributed by atoms with van der Waals surface area (Å²) in [5, 5.41) is 6.02. The van der Waals surface area contributed by atoms with Crippen LogP contribution >= 0.6 is 0 Å². The molecule has 2 N–H and O–H groups in total. The Morgan fingerprint density at radius 1 is 1.43 bits per heavy atom. The molecule has 1 aliphatic heterocycles. The molecule has 1 unspecified atom stereocenters. The molecule has 1 aliphatic rings. The molecular weight excluding hydrogens is 270 g/mol. The van der Waals surface area contributed by atoms with Crippen LogP contribution in [0.3, 0.4) is 0 Å². The van der Waals surface area contributed by atoms with Gasteiger partial charge in [-0.2, -0.15) is 0 Å². The van der Waals surface area contributed by atoms with Crippen LogP contribution in [0.1, 0.15) is 12.5 Å². The molecule has 0 spiro atoms. The molecule has 1 heterocycles. The minimum Gasteiger partial charge on any atom is -0.496 e. The van der Waals surface area contributed by atoms with E-state index in [1.807, 2.05) is 24.3 Å². The van der Waals surface area contributed by atoms with Crippen LogP contribution in [0.5, 0.6) is 5.75 Å². The molecule has 21 heavy (non-hydrogen) atoms. The molecule has 0 bridgehead atoms. The summed E-state index contributed by atoms with van der Waals surface area (Å²) in [6.45, 7) is 3.63. The Kier molecular flexibility index (Phi) is 5.16. The third kappa shape index (κ3) is 3.72. The van der Waals surface area contributed by atoms with Gasteiger partial charge in [-0.3, -0.25) is 9.59 Å². The van der Waals surface area contributed by atoms with Gasteiger partial charge in [0.15, 0.2) is 0 Å². The molecule has 1 atom stereocenters. The van der Waals surface area contributed by atoms with Gasteiger partial charge in [0, 0.05) is 38.7 Å². The molecule has 0 saturated carbocycles. The largest absolute Gasteiger partial charge is 0.496 e. The van der Waals surface area contributed by atoms with Crippen molar-refractivity contribution >= 4 is 11.8 Å². The number of methoxy groups -OCH3 is 1. The lowest BCUT2D eigenvalue weighted by Gasteiger charge is -2.34. The molecule has 1 aromatic rings. The quantitative estimate of drug-likeness (QED) is 0.827. The van der Waals surface area contributed by atoms with Crippen molar-refractivity contribution < 1.29 is 14.3 Å². The van der Waals surface area contributed by atoms with Gasteiger partial charge >= 0.3 is 0 Å². The number of hydrogen-bond acceptors (Lipinski definition) is 4. The fraction of sp³-hybridized carbons (Fsp3) is 0.467. The normalized spacial score (nSPS) is 18.2. The average Bonchev–Trinajstić information content (AvgIpc) is 2.52. The smallest absolute Gasteiger partial charge is 0.244 e. The maximum absolute atomic E-state index is 12.3. The number of amides is 2. The van der Waals surface area contributed by atoms with Crippen molar-refractivity contribution in [3.8, 4) is 5.75 Å². The molecule has 6 heteroatoms. The lowest BCUT2D eigenvalue weighted by molar-refractivity contribution is -0.140. The zero-order valence-electron chi connectivity index (χ0n) is 12.4. The highest BCUT2D eigenvalue weighted by Gasteiger charge is 2.30. The number of nitrogens with one attached hydrogen (secondary N) is 2. The van der Waals surface area contributed by atoms with E-state index in [0.29, 0.717) is 19.6 Å². The van der Waals surface area contributed by atoms with Crippen LogP contribution in [-0.4, -0.2) is 49.5 Å². The fourth-order valence-electron chi connectivity index (χ4n) is 2.46. The number of ether oxygens (including phenoxy) is 1. The summed E-state index contributed by atoms with van der Waals surface area (Å²) in [4.78, 5) is 25.5. The zero-order valence-corrected chi connectivity index (χ0v) is 12.4. The van der Waals surface area contributed by atoms with Gasteiger partial charge in [0.25, 0.3) is 0 Å². The average molecular weight is 291 g/mol. The molecule has 1 saturated heterocycles. The van der Waals surface area contributed by atoms with Gasteiger partial charge in [-0.1, -0.05) is 18.2 Å². The van der Waals surface area contributed by atoms with Crippen molar-refractivity contribution in [1.29, 1.82) is 0 Å². The van der Waals surface area contributed by atoms with Crippen molar-refractivity contribution in [2.75, 3.05) is 26.7 Å². The van der Waals surface area contributed by atoms with Crippen LogP contribution in [0.2, 0.25) is 0 Å². The molecule has 1 fully saturated rings. The molecule has 0 radical (unpaired) electrons. The minimum absolute atomic E-state index is 0.0751. The number of hydrogen-bond donors (Lipinski definition) is 2. The second-order valence-corrected chi connectivity index (χ2v) is 4.96. The van der Waals surface area contributed by atoms with Crippen LogP contribution in [0.15, 0.2) is 24.3 Å². The van der Waals surface area contributed by atoms with E-state index in [2.05, 4.69) is 10.6 Å². The number of rotatable bonds is 4.